The van der Waals surface area contributed by atoms with E-state index in [-0.39, 0.29) is 22.8 Å². The topological polar surface area (TPSA) is 86.9 Å². The molecule has 1 amide bonds. The fourth-order valence-electron chi connectivity index (χ4n) is 1.99. The maximum Gasteiger partial charge on any atom is 0.275 e. The number of rotatable bonds is 1. The third kappa shape index (κ3) is 2.25. The lowest BCUT2D eigenvalue weighted by molar-refractivity contribution is 0.0953. The fraction of sp³-hybridized carbons (Fsp3) is 0.154. The van der Waals surface area contributed by atoms with Crippen LogP contribution in [0.5, 0.6) is 0 Å². The predicted molar refractivity (Wildman–Crippen MR) is 76.1 cm³/mol. The molecule has 3 N–H and O–H groups in total. The molecule has 6 nitrogen and oxygen atoms in total. The van der Waals surface area contributed by atoms with E-state index in [4.69, 9.17) is 11.6 Å². The lowest BCUT2D eigenvalue weighted by Gasteiger charge is -2.07. The standard InChI is InChI=1S/C13H11ClN4O2/c14-8-3-1-7(2-4-8)11-17-10-9(13(20)18-11)15-5-6-16-12(10)19/h1-4,15H,5-6H2,(H,16,19)(H,17,18,20). The first kappa shape index (κ1) is 12.7. The van der Waals surface area contributed by atoms with Crippen LogP contribution in [0.3, 0.4) is 0 Å². The summed E-state index contributed by atoms with van der Waals surface area (Å²) in [5.41, 5.74) is 0.636. The van der Waals surface area contributed by atoms with Crippen LogP contribution in [0.2, 0.25) is 5.02 Å². The van der Waals surface area contributed by atoms with Gasteiger partial charge in [0.15, 0.2) is 5.69 Å². The van der Waals surface area contributed by atoms with Crippen LogP contribution in [0.4, 0.5) is 5.69 Å². The molecular formula is C13H11ClN4O2. The summed E-state index contributed by atoms with van der Waals surface area (Å²) < 4.78 is 0. The molecule has 2 heterocycles. The van der Waals surface area contributed by atoms with Gasteiger partial charge in [-0.25, -0.2) is 4.98 Å². The highest BCUT2D eigenvalue weighted by atomic mass is 35.5. The van der Waals surface area contributed by atoms with Crippen molar-refractivity contribution in [2.45, 2.75) is 0 Å². The van der Waals surface area contributed by atoms with Crippen molar-refractivity contribution in [1.29, 1.82) is 0 Å². The number of hydrogen-bond donors (Lipinski definition) is 3. The Morgan fingerprint density at radius 2 is 1.75 bits per heavy atom. The molecule has 0 unspecified atom stereocenters. The SMILES string of the molecule is O=C1NCCNc2c1nc(-c1ccc(Cl)cc1)[nH]c2=O. The quantitative estimate of drug-likeness (QED) is 0.737. The van der Waals surface area contributed by atoms with E-state index in [1.165, 1.54) is 0 Å². The van der Waals surface area contributed by atoms with Gasteiger partial charge in [0.25, 0.3) is 11.5 Å². The number of aromatic amines is 1. The summed E-state index contributed by atoms with van der Waals surface area (Å²) in [6.07, 6.45) is 0. The molecule has 2 aromatic rings. The Kier molecular flexibility index (Phi) is 3.15. The Bertz CT molecular complexity index is 724. The molecule has 20 heavy (non-hydrogen) atoms. The number of nitrogens with one attached hydrogen (secondary N) is 3. The van der Waals surface area contributed by atoms with Gasteiger partial charge in [0, 0.05) is 23.7 Å². The second kappa shape index (κ2) is 4.97. The number of H-pyrrole nitrogens is 1. The van der Waals surface area contributed by atoms with E-state index in [1.807, 2.05) is 0 Å². The summed E-state index contributed by atoms with van der Waals surface area (Å²) in [5, 5.41) is 6.17. The highest BCUT2D eigenvalue weighted by Crippen LogP contribution is 2.19. The van der Waals surface area contributed by atoms with E-state index in [9.17, 15) is 9.59 Å². The fourth-order valence-corrected chi connectivity index (χ4v) is 2.12. The molecule has 1 aliphatic heterocycles. The highest BCUT2D eigenvalue weighted by molar-refractivity contribution is 6.30. The maximum absolute atomic E-state index is 12.1. The molecule has 0 saturated carbocycles. The molecule has 1 aromatic heterocycles. The van der Waals surface area contributed by atoms with E-state index in [2.05, 4.69) is 20.6 Å². The molecule has 0 radical (unpaired) electrons. The zero-order valence-corrected chi connectivity index (χ0v) is 11.1. The van der Waals surface area contributed by atoms with Crippen molar-refractivity contribution in [1.82, 2.24) is 15.3 Å². The van der Waals surface area contributed by atoms with Crippen molar-refractivity contribution in [3.63, 3.8) is 0 Å². The number of benzene rings is 1. The number of anilines is 1. The van der Waals surface area contributed by atoms with Gasteiger partial charge in [0.1, 0.15) is 11.5 Å². The van der Waals surface area contributed by atoms with Crippen LogP contribution in [0.15, 0.2) is 29.1 Å². The normalized spacial score (nSPS) is 13.9. The van der Waals surface area contributed by atoms with Crippen LogP contribution >= 0.6 is 11.6 Å². The molecule has 0 aliphatic carbocycles. The summed E-state index contributed by atoms with van der Waals surface area (Å²) in [6, 6.07) is 6.85. The summed E-state index contributed by atoms with van der Waals surface area (Å²) in [4.78, 5) is 30.9. The minimum Gasteiger partial charge on any atom is -0.377 e. The lowest BCUT2D eigenvalue weighted by Crippen LogP contribution is -2.26. The van der Waals surface area contributed by atoms with Crippen molar-refractivity contribution in [3.05, 3.63) is 45.3 Å². The maximum atomic E-state index is 12.1. The number of nitrogens with zero attached hydrogens (tertiary/aromatic N) is 1. The predicted octanol–water partition coefficient (Wildman–Crippen LogP) is 1.25. The zero-order chi connectivity index (χ0) is 14.1. The van der Waals surface area contributed by atoms with Gasteiger partial charge >= 0.3 is 0 Å². The van der Waals surface area contributed by atoms with Gasteiger partial charge in [-0.1, -0.05) is 11.6 Å². The van der Waals surface area contributed by atoms with Crippen LogP contribution in [-0.2, 0) is 0 Å². The van der Waals surface area contributed by atoms with Gasteiger partial charge in [-0.3, -0.25) is 9.59 Å². The van der Waals surface area contributed by atoms with Crippen LogP contribution in [0, 0.1) is 0 Å². The molecule has 102 valence electrons. The number of halogens is 1. The summed E-state index contributed by atoms with van der Waals surface area (Å²) in [6.45, 7) is 0.939. The minimum absolute atomic E-state index is 0.108. The Morgan fingerprint density at radius 3 is 2.50 bits per heavy atom. The number of aromatic nitrogens is 2. The third-order valence-electron chi connectivity index (χ3n) is 2.96. The van der Waals surface area contributed by atoms with E-state index in [1.54, 1.807) is 24.3 Å². The largest absolute Gasteiger partial charge is 0.377 e. The Labute approximate surface area is 119 Å². The molecule has 0 saturated heterocycles. The summed E-state index contributed by atoms with van der Waals surface area (Å²) >= 11 is 5.82. The number of amides is 1. The Hall–Kier alpha value is -2.34. The van der Waals surface area contributed by atoms with Gasteiger partial charge in [-0.2, -0.15) is 0 Å². The first-order chi connectivity index (χ1) is 9.65. The second-order valence-corrected chi connectivity index (χ2v) is 4.76. The third-order valence-corrected chi connectivity index (χ3v) is 3.22. The zero-order valence-electron chi connectivity index (χ0n) is 10.4. The molecule has 0 spiro atoms. The first-order valence-electron chi connectivity index (χ1n) is 6.07. The number of carbonyl (C=O) groups excluding carboxylic acids is 1. The van der Waals surface area contributed by atoms with E-state index < -0.39 is 0 Å². The van der Waals surface area contributed by atoms with Crippen molar-refractivity contribution in [2.75, 3.05) is 18.4 Å². The Balaban J connectivity index is 2.15. The minimum atomic E-state index is -0.364. The van der Waals surface area contributed by atoms with Crippen molar-refractivity contribution in [2.24, 2.45) is 0 Å². The van der Waals surface area contributed by atoms with E-state index >= 15 is 0 Å². The Morgan fingerprint density at radius 1 is 1.05 bits per heavy atom. The van der Waals surface area contributed by atoms with Crippen molar-refractivity contribution in [3.8, 4) is 11.4 Å². The second-order valence-electron chi connectivity index (χ2n) is 4.33. The number of fused-ring (bicyclic) bond motifs is 1. The van der Waals surface area contributed by atoms with E-state index in [0.717, 1.165) is 0 Å². The van der Waals surface area contributed by atoms with Gasteiger partial charge in [-0.15, -0.1) is 0 Å². The number of hydrogen-bond acceptors (Lipinski definition) is 4. The average Bonchev–Trinajstić information content (AvgIpc) is 2.62. The number of carbonyl (C=O) groups is 1. The van der Waals surface area contributed by atoms with Gasteiger partial charge < -0.3 is 15.6 Å². The molecule has 1 aliphatic rings. The van der Waals surface area contributed by atoms with Crippen LogP contribution in [0.25, 0.3) is 11.4 Å². The van der Waals surface area contributed by atoms with Gasteiger partial charge in [0.05, 0.1) is 0 Å². The van der Waals surface area contributed by atoms with Crippen LogP contribution in [-0.4, -0.2) is 29.0 Å². The lowest BCUT2D eigenvalue weighted by atomic mass is 10.2. The average molecular weight is 291 g/mol. The smallest absolute Gasteiger partial charge is 0.275 e. The molecule has 7 heteroatoms. The van der Waals surface area contributed by atoms with Crippen molar-refractivity contribution < 1.29 is 4.79 Å². The molecule has 0 atom stereocenters. The molecule has 0 bridgehead atoms. The molecule has 3 rings (SSSR count). The summed E-state index contributed by atoms with van der Waals surface area (Å²) in [7, 11) is 0. The molecular weight excluding hydrogens is 280 g/mol. The first-order valence-corrected chi connectivity index (χ1v) is 6.45. The molecule has 1 aromatic carbocycles. The summed E-state index contributed by atoms with van der Waals surface area (Å²) in [5.74, 6) is -0.0180. The van der Waals surface area contributed by atoms with Crippen LogP contribution < -0.4 is 16.2 Å². The monoisotopic (exact) mass is 290 g/mol. The van der Waals surface area contributed by atoms with Crippen molar-refractivity contribution >= 4 is 23.2 Å². The van der Waals surface area contributed by atoms with E-state index in [0.29, 0.717) is 29.5 Å². The van der Waals surface area contributed by atoms with Gasteiger partial charge in [-0.05, 0) is 24.3 Å². The molecule has 0 fully saturated rings. The highest BCUT2D eigenvalue weighted by Gasteiger charge is 2.20. The van der Waals surface area contributed by atoms with Gasteiger partial charge in [0.2, 0.25) is 0 Å². The van der Waals surface area contributed by atoms with Crippen LogP contribution in [0.1, 0.15) is 10.5 Å².